The minimum atomic E-state index is -0.0456. The number of hydrogen-bond donors (Lipinski definition) is 0. The van der Waals surface area contributed by atoms with Gasteiger partial charge in [-0.3, -0.25) is 0 Å². The number of para-hydroxylation sites is 2. The first-order valence-electron chi connectivity index (χ1n) is 47.1. The van der Waals surface area contributed by atoms with E-state index in [0.29, 0.717) is 6.42 Å². The lowest BCUT2D eigenvalue weighted by molar-refractivity contribution is 0.590. The molecule has 0 fully saturated rings. The molecule has 4 nitrogen and oxygen atoms in total. The highest BCUT2D eigenvalue weighted by Gasteiger charge is 2.33. The van der Waals surface area contributed by atoms with Crippen molar-refractivity contribution < 1.29 is 17.7 Å². The molecule has 0 aliphatic heterocycles. The molecule has 0 aliphatic carbocycles. The fourth-order valence-corrected chi connectivity index (χ4v) is 23.2. The highest BCUT2D eigenvalue weighted by atomic mass is 16.3. The lowest BCUT2D eigenvalue weighted by Crippen LogP contribution is -2.10. The number of aryl methyl sites for hydroxylation is 7. The smallest absolute Gasteiger partial charge is 0.143 e. The van der Waals surface area contributed by atoms with E-state index in [0.717, 1.165) is 165 Å². The average Bonchev–Trinajstić information content (AvgIpc) is 1.38. The van der Waals surface area contributed by atoms with Gasteiger partial charge in [0.25, 0.3) is 0 Å². The van der Waals surface area contributed by atoms with Crippen molar-refractivity contribution in [2.75, 3.05) is 0 Å². The van der Waals surface area contributed by atoms with Crippen LogP contribution in [0.15, 0.2) is 303 Å². The molecule has 0 N–H and O–H groups in total. The number of furan rings is 4. The summed E-state index contributed by atoms with van der Waals surface area (Å²) in [5.74, 6) is 0. The van der Waals surface area contributed by atoms with Gasteiger partial charge in [-0.2, -0.15) is 0 Å². The van der Waals surface area contributed by atoms with Gasteiger partial charge in [0.2, 0.25) is 0 Å². The van der Waals surface area contributed by atoms with Crippen LogP contribution in [0.1, 0.15) is 155 Å². The van der Waals surface area contributed by atoms with Gasteiger partial charge in [-0.05, 0) is 298 Å². The standard InChI is InChI=1S/C128H106O4/c1-68-25-20-26-69(2)107(68)81-43-57-105-97(62-81)101-66-99-95(76-35-45-83(46-36-76)125(8,9)10)65-104-116-100(96(64-103(115(99)116)121(101)129-105)77-37-47-84(48-38-77)126(11,12)13)67-102-98-63-82(44-58-106(98)130-122(102)104)108-73(6)59-75(60-74(108)7)61-80-30-22-29-72(5)110(80)90-32-24-34-92-118-112(79-41-51-86(52-42-79)128(17,18)19)88-53-55-93-113-87(54-56-94(114(88)113)124(118)132-120(90)92)111(78-39-49-85(50-40-78)127(14,15)16)117-91-33-23-31-89(119(91)131-123(93)117)109-70(3)27-21-28-71(109)4/h20-60,62-67H,61H2,1-19H3. The molecule has 0 atom stereocenters. The Morgan fingerprint density at radius 1 is 0.189 bits per heavy atom. The van der Waals surface area contributed by atoms with Crippen LogP contribution >= 0.6 is 0 Å². The largest absolute Gasteiger partial charge is 0.455 e. The monoisotopic (exact) mass is 1710 g/mol. The van der Waals surface area contributed by atoms with E-state index < -0.39 is 0 Å². The molecule has 20 aromatic carbocycles. The van der Waals surface area contributed by atoms with Gasteiger partial charge in [-0.25, -0.2) is 0 Å². The zero-order valence-electron chi connectivity index (χ0n) is 79.0. The van der Waals surface area contributed by atoms with Crippen molar-refractivity contribution in [3.8, 4) is 89.0 Å². The van der Waals surface area contributed by atoms with Gasteiger partial charge in [0.15, 0.2) is 0 Å². The predicted molar refractivity (Wildman–Crippen MR) is 564 cm³/mol. The second kappa shape index (κ2) is 28.8. The maximum Gasteiger partial charge on any atom is 0.143 e. The van der Waals surface area contributed by atoms with Gasteiger partial charge in [0.05, 0.1) is 0 Å². The quantitative estimate of drug-likeness (QED) is 0.128. The van der Waals surface area contributed by atoms with E-state index in [1.165, 1.54) is 149 Å². The molecule has 0 bridgehead atoms. The predicted octanol–water partition coefficient (Wildman–Crippen LogP) is 37.4. The van der Waals surface area contributed by atoms with Crippen molar-refractivity contribution >= 4 is 152 Å². The van der Waals surface area contributed by atoms with Gasteiger partial charge < -0.3 is 17.7 Å². The molecule has 642 valence electrons. The Bertz CT molecular complexity index is 8960. The van der Waals surface area contributed by atoms with E-state index >= 15 is 0 Å². The lowest BCUT2D eigenvalue weighted by Gasteiger charge is -2.21. The van der Waals surface area contributed by atoms with Gasteiger partial charge in [-0.1, -0.05) is 308 Å². The maximum absolute atomic E-state index is 7.87. The maximum atomic E-state index is 7.87. The molecular weight excluding hydrogens is 1600 g/mol. The summed E-state index contributed by atoms with van der Waals surface area (Å²) in [5.41, 5.74) is 41.9. The Morgan fingerprint density at radius 2 is 0.515 bits per heavy atom. The van der Waals surface area contributed by atoms with Crippen molar-refractivity contribution in [2.45, 2.75) is 160 Å². The van der Waals surface area contributed by atoms with Crippen LogP contribution in [0.25, 0.3) is 241 Å². The molecule has 0 unspecified atom stereocenters. The molecular formula is C128H106O4. The normalized spacial score (nSPS) is 12.8. The van der Waals surface area contributed by atoms with Crippen molar-refractivity contribution in [1.29, 1.82) is 0 Å². The summed E-state index contributed by atoms with van der Waals surface area (Å²) in [5, 5.41) is 22.6. The van der Waals surface area contributed by atoms with Crippen molar-refractivity contribution in [3.63, 3.8) is 0 Å². The van der Waals surface area contributed by atoms with Crippen LogP contribution in [0.2, 0.25) is 0 Å². The molecule has 132 heavy (non-hydrogen) atoms. The van der Waals surface area contributed by atoms with Crippen LogP contribution in [0.3, 0.4) is 0 Å². The highest BCUT2D eigenvalue weighted by molar-refractivity contribution is 6.42. The Balaban J connectivity index is 0.665. The molecule has 0 amide bonds. The number of hydrogen-bond acceptors (Lipinski definition) is 4. The molecule has 0 radical (unpaired) electrons. The van der Waals surface area contributed by atoms with Gasteiger partial charge in [0, 0.05) is 108 Å². The van der Waals surface area contributed by atoms with Gasteiger partial charge in [-0.15, -0.1) is 0 Å². The molecule has 4 heterocycles. The fraction of sp³-hybridized carbons (Fsp3) is 0.188. The molecule has 0 spiro atoms. The third kappa shape index (κ3) is 12.3. The summed E-state index contributed by atoms with van der Waals surface area (Å²) in [4.78, 5) is 0. The SMILES string of the molecule is Cc1cccc(C)c1-c1ccc2oc3c(cc4c(-c5ccc(C(C)(C)C)cc5)cc5c6oc7ccc(-c8c(C)cc(Cc9cccc(C)c9-c9cccc%10c9oc9c%11ccc%12c(-c%13ccc(C(C)(C)C)cc%13)c%13c%14cccc(-c%15c(C)cccc%15C)c%14oc%13c%13ccc(c(-c%14ccc(C(C)(C)C)cc%14)c%109)c%11c%12%13)cc8C)cc7c6cc6c(-c7ccc(C(C)(C)C)cc7)cc3c4c65)c2c1. The molecule has 24 rings (SSSR count). The lowest BCUT2D eigenvalue weighted by atomic mass is 9.82. The molecule has 24 aromatic rings. The zero-order chi connectivity index (χ0) is 90.7. The molecule has 0 saturated carbocycles. The topological polar surface area (TPSA) is 52.6 Å². The second-order valence-corrected chi connectivity index (χ2v) is 42.5. The summed E-state index contributed by atoms with van der Waals surface area (Å²) in [7, 11) is 0. The summed E-state index contributed by atoms with van der Waals surface area (Å²) < 4.78 is 30.2. The van der Waals surface area contributed by atoms with E-state index in [1.54, 1.807) is 0 Å². The zero-order valence-corrected chi connectivity index (χ0v) is 79.0. The van der Waals surface area contributed by atoms with E-state index in [9.17, 15) is 0 Å². The van der Waals surface area contributed by atoms with Gasteiger partial charge in [0.1, 0.15) is 44.7 Å². The third-order valence-corrected chi connectivity index (χ3v) is 29.8. The first kappa shape index (κ1) is 81.0. The van der Waals surface area contributed by atoms with Crippen molar-refractivity contribution in [2.24, 2.45) is 0 Å². The first-order valence-corrected chi connectivity index (χ1v) is 47.1. The highest BCUT2D eigenvalue weighted by Crippen LogP contribution is 2.58. The Hall–Kier alpha value is -14.3. The molecule has 4 heteroatoms. The average molecular weight is 1710 g/mol. The van der Waals surface area contributed by atoms with Crippen LogP contribution in [0.4, 0.5) is 0 Å². The molecule has 0 saturated heterocycles. The van der Waals surface area contributed by atoms with Crippen LogP contribution in [0.5, 0.6) is 0 Å². The summed E-state index contributed by atoms with van der Waals surface area (Å²) >= 11 is 0. The minimum absolute atomic E-state index is 0.0228. The third-order valence-electron chi connectivity index (χ3n) is 29.8. The number of fused-ring (bicyclic) bond motifs is 16. The molecule has 0 aliphatic rings. The van der Waals surface area contributed by atoms with Crippen molar-refractivity contribution in [3.05, 3.63) is 357 Å². The summed E-state index contributed by atoms with van der Waals surface area (Å²) in [6, 6.07) is 109. The Kier molecular flexibility index (Phi) is 17.7. The Morgan fingerprint density at radius 3 is 0.917 bits per heavy atom. The van der Waals surface area contributed by atoms with Crippen LogP contribution in [-0.2, 0) is 28.1 Å². The summed E-state index contributed by atoms with van der Waals surface area (Å²) in [6.45, 7) is 43.3. The fourth-order valence-electron chi connectivity index (χ4n) is 23.2. The van der Waals surface area contributed by atoms with Crippen LogP contribution in [0, 0.1) is 48.5 Å². The van der Waals surface area contributed by atoms with E-state index in [2.05, 4.69) is 417 Å². The second-order valence-electron chi connectivity index (χ2n) is 42.5. The molecule has 4 aromatic heterocycles. The van der Waals surface area contributed by atoms with Crippen molar-refractivity contribution in [1.82, 2.24) is 0 Å². The number of rotatable bonds is 10. The van der Waals surface area contributed by atoms with Crippen LogP contribution < -0.4 is 0 Å². The number of benzene rings is 20. The summed E-state index contributed by atoms with van der Waals surface area (Å²) in [6.07, 6.45) is 0.711. The van der Waals surface area contributed by atoms with E-state index in [4.69, 9.17) is 17.7 Å². The van der Waals surface area contributed by atoms with E-state index in [1.807, 2.05) is 0 Å². The van der Waals surface area contributed by atoms with Gasteiger partial charge >= 0.3 is 0 Å². The Labute approximate surface area is 770 Å². The minimum Gasteiger partial charge on any atom is -0.455 e. The van der Waals surface area contributed by atoms with E-state index in [-0.39, 0.29) is 21.7 Å². The first-order chi connectivity index (χ1) is 63.4. The van der Waals surface area contributed by atoms with Crippen LogP contribution in [-0.4, -0.2) is 0 Å².